The number of amides is 1. The highest BCUT2D eigenvalue weighted by molar-refractivity contribution is 7.89. The van der Waals surface area contributed by atoms with E-state index in [2.05, 4.69) is 5.32 Å². The SMILES string of the molecule is CN(C)S(=O)(=O)c1cccc(C(=O)O[C@H](C(=O)Nc2cc(C(F)(F)F)ccc2Cl)c2ccccc2)c1. The number of esters is 1. The second-order valence-electron chi connectivity index (χ2n) is 7.69. The number of hydrogen-bond acceptors (Lipinski definition) is 5. The minimum Gasteiger partial charge on any atom is -0.444 e. The molecule has 0 radical (unpaired) electrons. The number of nitrogens with zero attached hydrogens (tertiary/aromatic N) is 1. The van der Waals surface area contributed by atoms with Crippen molar-refractivity contribution in [2.75, 3.05) is 19.4 Å². The number of nitrogens with one attached hydrogen (secondary N) is 1. The van der Waals surface area contributed by atoms with Crippen LogP contribution in [0.4, 0.5) is 18.9 Å². The Hall–Kier alpha value is -3.41. The lowest BCUT2D eigenvalue weighted by Gasteiger charge is -2.19. The van der Waals surface area contributed by atoms with Gasteiger partial charge in [0.2, 0.25) is 16.1 Å². The van der Waals surface area contributed by atoms with Gasteiger partial charge in [0.05, 0.1) is 26.7 Å². The van der Waals surface area contributed by atoms with E-state index in [1.807, 2.05) is 0 Å². The summed E-state index contributed by atoms with van der Waals surface area (Å²) in [7, 11) is -1.20. The second kappa shape index (κ2) is 10.7. The molecule has 1 N–H and O–H groups in total. The minimum absolute atomic E-state index is 0.149. The Morgan fingerprint density at radius 1 is 0.972 bits per heavy atom. The van der Waals surface area contributed by atoms with E-state index < -0.39 is 39.7 Å². The number of sulfonamides is 1. The maximum Gasteiger partial charge on any atom is 0.416 e. The summed E-state index contributed by atoms with van der Waals surface area (Å²) in [4.78, 5) is 25.8. The van der Waals surface area contributed by atoms with Gasteiger partial charge in [0.15, 0.2) is 0 Å². The molecule has 0 saturated carbocycles. The topological polar surface area (TPSA) is 92.8 Å². The summed E-state index contributed by atoms with van der Waals surface area (Å²) >= 11 is 5.98. The van der Waals surface area contributed by atoms with Crippen LogP contribution >= 0.6 is 11.6 Å². The van der Waals surface area contributed by atoms with Gasteiger partial charge in [0.25, 0.3) is 5.91 Å². The van der Waals surface area contributed by atoms with Gasteiger partial charge in [-0.1, -0.05) is 48.0 Å². The molecule has 0 bridgehead atoms. The minimum atomic E-state index is -4.67. The van der Waals surface area contributed by atoms with Crippen molar-refractivity contribution in [3.05, 3.63) is 94.5 Å². The molecule has 0 saturated heterocycles. The maximum absolute atomic E-state index is 13.1. The first kappa shape index (κ1) is 27.2. The van der Waals surface area contributed by atoms with Crippen molar-refractivity contribution in [2.45, 2.75) is 17.2 Å². The van der Waals surface area contributed by atoms with Gasteiger partial charge in [-0.25, -0.2) is 17.5 Å². The smallest absolute Gasteiger partial charge is 0.416 e. The zero-order valence-electron chi connectivity index (χ0n) is 18.9. The number of halogens is 4. The number of anilines is 1. The molecule has 0 spiro atoms. The summed E-state index contributed by atoms with van der Waals surface area (Å²) < 4.78 is 70.5. The summed E-state index contributed by atoms with van der Waals surface area (Å²) in [5.41, 5.74) is -1.28. The van der Waals surface area contributed by atoms with E-state index in [4.69, 9.17) is 16.3 Å². The number of ether oxygens (including phenoxy) is 1. The summed E-state index contributed by atoms with van der Waals surface area (Å²) in [6, 6.07) is 15.2. The van der Waals surface area contributed by atoms with Crippen LogP contribution in [0.2, 0.25) is 5.02 Å². The Morgan fingerprint density at radius 3 is 2.25 bits per heavy atom. The van der Waals surface area contributed by atoms with Crippen LogP contribution in [-0.4, -0.2) is 38.7 Å². The van der Waals surface area contributed by atoms with Crippen LogP contribution in [-0.2, 0) is 25.7 Å². The molecule has 12 heteroatoms. The van der Waals surface area contributed by atoms with Gasteiger partial charge in [0, 0.05) is 19.7 Å². The third kappa shape index (κ3) is 6.23. The van der Waals surface area contributed by atoms with E-state index in [0.29, 0.717) is 6.07 Å². The second-order valence-corrected chi connectivity index (χ2v) is 10.3. The van der Waals surface area contributed by atoms with E-state index >= 15 is 0 Å². The maximum atomic E-state index is 13.1. The number of carbonyl (C=O) groups is 2. The van der Waals surface area contributed by atoms with Crippen molar-refractivity contribution in [1.82, 2.24) is 4.31 Å². The highest BCUT2D eigenvalue weighted by atomic mass is 35.5. The third-order valence-electron chi connectivity index (χ3n) is 4.97. The van der Waals surface area contributed by atoms with Gasteiger partial charge in [-0.3, -0.25) is 4.79 Å². The van der Waals surface area contributed by atoms with Crippen LogP contribution in [0.15, 0.2) is 77.7 Å². The van der Waals surface area contributed by atoms with Gasteiger partial charge in [-0.15, -0.1) is 0 Å². The zero-order chi connectivity index (χ0) is 26.7. The molecular weight excluding hydrogens is 521 g/mol. The number of carbonyl (C=O) groups excluding carboxylic acids is 2. The molecule has 0 aliphatic heterocycles. The van der Waals surface area contributed by atoms with Gasteiger partial charge in [-0.05, 0) is 36.4 Å². The molecular formula is C24H20ClF3N2O5S. The Balaban J connectivity index is 1.93. The first-order valence-corrected chi connectivity index (χ1v) is 12.1. The molecule has 3 aromatic carbocycles. The molecule has 190 valence electrons. The number of rotatable bonds is 7. The monoisotopic (exact) mass is 540 g/mol. The predicted molar refractivity (Wildman–Crippen MR) is 127 cm³/mol. The van der Waals surface area contributed by atoms with Gasteiger partial charge < -0.3 is 10.1 Å². The Bertz CT molecular complexity index is 1380. The molecule has 0 aliphatic carbocycles. The van der Waals surface area contributed by atoms with E-state index in [9.17, 15) is 31.2 Å². The highest BCUT2D eigenvalue weighted by Crippen LogP contribution is 2.34. The number of hydrogen-bond donors (Lipinski definition) is 1. The summed E-state index contributed by atoms with van der Waals surface area (Å²) in [5.74, 6) is -1.99. The molecule has 0 heterocycles. The van der Waals surface area contributed by atoms with E-state index in [1.165, 1.54) is 44.4 Å². The largest absolute Gasteiger partial charge is 0.444 e. The van der Waals surface area contributed by atoms with Crippen LogP contribution in [0.3, 0.4) is 0 Å². The van der Waals surface area contributed by atoms with Crippen LogP contribution in [0.1, 0.15) is 27.6 Å². The standard InChI is InChI=1S/C24H20ClF3N2O5S/c1-30(2)36(33,34)18-10-6-9-16(13-18)23(32)35-21(15-7-4-3-5-8-15)22(31)29-20-14-17(24(26,27)28)11-12-19(20)25/h3-14,21H,1-2H3,(H,29,31)/t21-/m0/s1. The quantitative estimate of drug-likeness (QED) is 0.419. The van der Waals surface area contributed by atoms with Crippen molar-refractivity contribution in [1.29, 1.82) is 0 Å². The molecule has 36 heavy (non-hydrogen) atoms. The van der Waals surface area contributed by atoms with Gasteiger partial charge >= 0.3 is 12.1 Å². The van der Waals surface area contributed by atoms with Gasteiger partial charge in [0.1, 0.15) is 0 Å². The van der Waals surface area contributed by atoms with E-state index in [-0.39, 0.29) is 26.7 Å². The Kier molecular flexibility index (Phi) is 8.07. The lowest BCUT2D eigenvalue weighted by molar-refractivity contribution is -0.137. The van der Waals surface area contributed by atoms with Crippen LogP contribution in [0, 0.1) is 0 Å². The molecule has 3 aromatic rings. The Morgan fingerprint density at radius 2 is 1.64 bits per heavy atom. The number of benzene rings is 3. The fourth-order valence-electron chi connectivity index (χ4n) is 3.07. The molecule has 7 nitrogen and oxygen atoms in total. The number of alkyl halides is 3. The van der Waals surface area contributed by atoms with E-state index in [0.717, 1.165) is 22.5 Å². The van der Waals surface area contributed by atoms with Crippen LogP contribution in [0.25, 0.3) is 0 Å². The zero-order valence-corrected chi connectivity index (χ0v) is 20.5. The van der Waals surface area contributed by atoms with Gasteiger partial charge in [-0.2, -0.15) is 13.2 Å². The predicted octanol–water partition coefficient (Wildman–Crippen LogP) is 5.15. The molecule has 1 atom stereocenters. The molecule has 3 rings (SSSR count). The fraction of sp³-hybridized carbons (Fsp3) is 0.167. The highest BCUT2D eigenvalue weighted by Gasteiger charge is 2.32. The first-order valence-electron chi connectivity index (χ1n) is 10.3. The molecule has 0 aromatic heterocycles. The normalized spacial score (nSPS) is 12.8. The third-order valence-corrected chi connectivity index (χ3v) is 7.11. The summed E-state index contributed by atoms with van der Waals surface area (Å²) in [5, 5.41) is 2.12. The molecule has 1 amide bonds. The van der Waals surface area contributed by atoms with Crippen molar-refractivity contribution in [2.24, 2.45) is 0 Å². The average Bonchev–Trinajstić information content (AvgIpc) is 2.83. The average molecular weight is 541 g/mol. The van der Waals surface area contributed by atoms with E-state index in [1.54, 1.807) is 18.2 Å². The van der Waals surface area contributed by atoms with Crippen molar-refractivity contribution in [3.63, 3.8) is 0 Å². The Labute approximate surface area is 210 Å². The summed E-state index contributed by atoms with van der Waals surface area (Å²) in [6.45, 7) is 0. The van der Waals surface area contributed by atoms with Crippen molar-refractivity contribution >= 4 is 39.2 Å². The summed E-state index contributed by atoms with van der Waals surface area (Å²) in [6.07, 6.45) is -6.26. The fourth-order valence-corrected chi connectivity index (χ4v) is 4.18. The van der Waals surface area contributed by atoms with Crippen LogP contribution < -0.4 is 5.32 Å². The van der Waals surface area contributed by atoms with Crippen molar-refractivity contribution < 1.29 is 35.9 Å². The molecule has 0 fully saturated rings. The van der Waals surface area contributed by atoms with Crippen LogP contribution in [0.5, 0.6) is 0 Å². The van der Waals surface area contributed by atoms with Crippen molar-refractivity contribution in [3.8, 4) is 0 Å². The first-order chi connectivity index (χ1) is 16.8. The lowest BCUT2D eigenvalue weighted by Crippen LogP contribution is -2.26. The lowest BCUT2D eigenvalue weighted by atomic mass is 10.1. The molecule has 0 unspecified atom stereocenters. The molecule has 0 aliphatic rings.